The van der Waals surface area contributed by atoms with Crippen molar-refractivity contribution in [2.24, 2.45) is 5.50 Å². The molecular formula is C6H8FN2O4PS. The van der Waals surface area contributed by atoms with Gasteiger partial charge in [-0.05, 0) is 12.1 Å². The van der Waals surface area contributed by atoms with Crippen LogP contribution in [0.25, 0.3) is 0 Å². The molecule has 1 aromatic carbocycles. The number of nitrogens with two attached hydrogens (primary N) is 1. The summed E-state index contributed by atoms with van der Waals surface area (Å²) in [5.74, 6) is -0.0431. The second-order valence-electron chi connectivity index (χ2n) is 2.52. The molecule has 0 aliphatic heterocycles. The fraction of sp³-hybridized carbons (Fsp3) is 0. The van der Waals surface area contributed by atoms with E-state index in [1.165, 1.54) is 24.3 Å². The molecule has 1 atom stereocenters. The van der Waals surface area contributed by atoms with Crippen LogP contribution >= 0.6 is 7.75 Å². The third-order valence-corrected chi connectivity index (χ3v) is 3.49. The number of nitrogens with one attached hydrogen (secondary N) is 1. The molecule has 0 bridgehead atoms. The average Bonchev–Trinajstić information content (AvgIpc) is 1.99. The van der Waals surface area contributed by atoms with Crippen molar-refractivity contribution >= 4 is 18.1 Å². The molecule has 0 amide bonds. The van der Waals surface area contributed by atoms with E-state index in [-0.39, 0.29) is 5.75 Å². The molecule has 15 heavy (non-hydrogen) atoms. The van der Waals surface area contributed by atoms with Crippen molar-refractivity contribution in [3.8, 4) is 5.75 Å². The summed E-state index contributed by atoms with van der Waals surface area (Å²) < 4.78 is 50.1. The Balaban J connectivity index is 2.79. The first-order valence-electron chi connectivity index (χ1n) is 3.65. The minimum Gasteiger partial charge on any atom is -0.371 e. The van der Waals surface area contributed by atoms with Gasteiger partial charge in [0.05, 0.1) is 0 Å². The molecule has 0 saturated carbocycles. The number of para-hydroxylation sites is 1. The van der Waals surface area contributed by atoms with Gasteiger partial charge in [0.25, 0.3) is 0 Å². The van der Waals surface area contributed by atoms with Crippen LogP contribution in [-0.2, 0) is 14.9 Å². The van der Waals surface area contributed by atoms with Crippen LogP contribution in [0.5, 0.6) is 5.75 Å². The molecule has 0 aromatic heterocycles. The number of benzene rings is 1. The SMILES string of the molecule is NP(=O)(F)NS(=O)(=O)Oc1ccccc1. The summed E-state index contributed by atoms with van der Waals surface area (Å²) in [6.07, 6.45) is 0. The predicted molar refractivity (Wildman–Crippen MR) is 52.0 cm³/mol. The average molecular weight is 254 g/mol. The number of hydrogen-bond donors (Lipinski definition) is 2. The Labute approximate surface area is 86.1 Å². The molecule has 1 rings (SSSR count). The smallest absolute Gasteiger partial charge is 0.371 e. The standard InChI is InChI=1S/C6H8FN2O4PS/c7-14(8,10)9-15(11,12)13-6-4-2-1-3-5-6/h1-5H,(H3,8,9,10). The van der Waals surface area contributed by atoms with E-state index in [1.807, 2.05) is 0 Å². The summed E-state index contributed by atoms with van der Waals surface area (Å²) in [4.78, 5) is 0. The van der Waals surface area contributed by atoms with E-state index < -0.39 is 18.1 Å². The van der Waals surface area contributed by atoms with Crippen LogP contribution in [0, 0.1) is 0 Å². The molecule has 0 saturated heterocycles. The van der Waals surface area contributed by atoms with E-state index in [0.29, 0.717) is 0 Å². The second kappa shape index (κ2) is 4.28. The highest BCUT2D eigenvalue weighted by molar-refractivity contribution is 7.91. The van der Waals surface area contributed by atoms with Gasteiger partial charge in [-0.25, -0.2) is 5.50 Å². The predicted octanol–water partition coefficient (Wildman–Crippen LogP) is 0.936. The monoisotopic (exact) mass is 254 g/mol. The van der Waals surface area contributed by atoms with Gasteiger partial charge in [-0.3, -0.25) is 4.57 Å². The van der Waals surface area contributed by atoms with Crippen molar-refractivity contribution < 1.29 is 21.4 Å². The van der Waals surface area contributed by atoms with Crippen LogP contribution in [-0.4, -0.2) is 8.42 Å². The molecule has 84 valence electrons. The van der Waals surface area contributed by atoms with Crippen molar-refractivity contribution in [3.05, 3.63) is 30.3 Å². The van der Waals surface area contributed by atoms with Crippen molar-refractivity contribution in [2.75, 3.05) is 0 Å². The van der Waals surface area contributed by atoms with E-state index >= 15 is 0 Å². The highest BCUT2D eigenvalue weighted by Crippen LogP contribution is 2.33. The van der Waals surface area contributed by atoms with Crippen molar-refractivity contribution in [1.29, 1.82) is 0 Å². The Hall–Kier alpha value is -0.950. The zero-order valence-electron chi connectivity index (χ0n) is 7.33. The van der Waals surface area contributed by atoms with Crippen LogP contribution in [0.15, 0.2) is 30.3 Å². The molecule has 1 aromatic rings. The fourth-order valence-electron chi connectivity index (χ4n) is 0.774. The Bertz CT molecular complexity index is 471. The van der Waals surface area contributed by atoms with Gasteiger partial charge in [0.2, 0.25) is 0 Å². The molecule has 0 radical (unpaired) electrons. The van der Waals surface area contributed by atoms with Gasteiger partial charge in [-0.1, -0.05) is 22.7 Å². The highest BCUT2D eigenvalue weighted by atomic mass is 32.2. The van der Waals surface area contributed by atoms with Crippen LogP contribution < -0.4 is 14.2 Å². The van der Waals surface area contributed by atoms with Crippen LogP contribution in [0.2, 0.25) is 0 Å². The third kappa shape index (κ3) is 4.89. The Kier molecular flexibility index (Phi) is 3.46. The molecule has 9 heteroatoms. The second-order valence-corrected chi connectivity index (χ2v) is 5.48. The maximum Gasteiger partial charge on any atom is 0.391 e. The Morgan fingerprint density at radius 3 is 2.33 bits per heavy atom. The summed E-state index contributed by atoms with van der Waals surface area (Å²) in [5.41, 5.74) is 4.39. The summed E-state index contributed by atoms with van der Waals surface area (Å²) >= 11 is 0. The highest BCUT2D eigenvalue weighted by Gasteiger charge is 2.24. The van der Waals surface area contributed by atoms with Gasteiger partial charge in [0, 0.05) is 0 Å². The normalized spacial score (nSPS) is 15.6. The van der Waals surface area contributed by atoms with E-state index in [0.717, 1.165) is 4.49 Å². The fourth-order valence-corrected chi connectivity index (χ4v) is 2.51. The molecule has 0 fully saturated rings. The van der Waals surface area contributed by atoms with Crippen LogP contribution in [0.1, 0.15) is 0 Å². The summed E-state index contributed by atoms with van der Waals surface area (Å²) in [7, 11) is -9.39. The quantitative estimate of drug-likeness (QED) is 0.779. The first-order valence-corrected chi connectivity index (χ1v) is 6.73. The lowest BCUT2D eigenvalue weighted by molar-refractivity contribution is 0.476. The van der Waals surface area contributed by atoms with E-state index in [2.05, 4.69) is 9.69 Å². The molecule has 0 spiro atoms. The Morgan fingerprint density at radius 1 is 1.33 bits per heavy atom. The van der Waals surface area contributed by atoms with E-state index in [9.17, 15) is 17.2 Å². The maximum atomic E-state index is 12.4. The number of halogens is 1. The lowest BCUT2D eigenvalue weighted by atomic mass is 10.3. The largest absolute Gasteiger partial charge is 0.391 e. The first kappa shape index (κ1) is 12.1. The molecular weight excluding hydrogens is 246 g/mol. The van der Waals surface area contributed by atoms with E-state index in [1.54, 1.807) is 6.07 Å². The molecule has 1 unspecified atom stereocenters. The first-order chi connectivity index (χ1) is 6.79. The summed E-state index contributed by atoms with van der Waals surface area (Å²) in [6.45, 7) is 0. The van der Waals surface area contributed by atoms with Crippen LogP contribution in [0.4, 0.5) is 4.20 Å². The van der Waals surface area contributed by atoms with Gasteiger partial charge in [0.15, 0.2) is 0 Å². The van der Waals surface area contributed by atoms with Crippen molar-refractivity contribution in [3.63, 3.8) is 0 Å². The minimum absolute atomic E-state index is 0.0431. The number of rotatable bonds is 4. The minimum atomic E-state index is -4.89. The Morgan fingerprint density at radius 2 is 1.87 bits per heavy atom. The molecule has 0 aliphatic carbocycles. The van der Waals surface area contributed by atoms with Gasteiger partial charge in [-0.15, -0.1) is 0 Å². The zero-order chi connectivity index (χ0) is 11.5. The topological polar surface area (TPSA) is 98.5 Å². The number of hydrogen-bond acceptors (Lipinski definition) is 4. The maximum absolute atomic E-state index is 12.4. The molecule has 0 heterocycles. The van der Waals surface area contributed by atoms with Gasteiger partial charge >= 0.3 is 18.1 Å². The third-order valence-electron chi connectivity index (χ3n) is 1.19. The summed E-state index contributed by atoms with van der Waals surface area (Å²) in [6, 6.07) is 7.33. The van der Waals surface area contributed by atoms with Crippen LogP contribution in [0.3, 0.4) is 0 Å². The molecule has 6 nitrogen and oxygen atoms in total. The zero-order valence-corrected chi connectivity index (χ0v) is 9.04. The lowest BCUT2D eigenvalue weighted by Gasteiger charge is -2.07. The van der Waals surface area contributed by atoms with Gasteiger partial charge < -0.3 is 4.18 Å². The molecule has 3 N–H and O–H groups in total. The van der Waals surface area contributed by atoms with Gasteiger partial charge in [-0.2, -0.15) is 12.6 Å². The summed E-state index contributed by atoms with van der Waals surface area (Å²) in [5, 5.41) is 0. The molecule has 0 aliphatic rings. The van der Waals surface area contributed by atoms with Crippen molar-refractivity contribution in [1.82, 2.24) is 4.49 Å². The lowest BCUT2D eigenvalue weighted by Crippen LogP contribution is -2.26. The van der Waals surface area contributed by atoms with E-state index in [4.69, 9.17) is 0 Å². The van der Waals surface area contributed by atoms with Crippen molar-refractivity contribution in [2.45, 2.75) is 0 Å². The van der Waals surface area contributed by atoms with Gasteiger partial charge in [0.1, 0.15) is 5.75 Å².